The third kappa shape index (κ3) is 3.60. The lowest BCUT2D eigenvalue weighted by Crippen LogP contribution is -2.35. The molecule has 1 aromatic carbocycles. The molecule has 1 aromatic rings. The third-order valence-corrected chi connectivity index (χ3v) is 4.75. The first-order valence-electron chi connectivity index (χ1n) is 9.25. The molecule has 0 atom stereocenters. The lowest BCUT2D eigenvalue weighted by molar-refractivity contribution is -0.137. The minimum atomic E-state index is -0.211. The predicted molar refractivity (Wildman–Crippen MR) is 98.6 cm³/mol. The molecule has 0 radical (unpaired) electrons. The third-order valence-electron chi connectivity index (χ3n) is 4.75. The number of imide groups is 1. The maximum Gasteiger partial charge on any atom is 0.277 e. The van der Waals surface area contributed by atoms with E-state index in [4.69, 9.17) is 9.47 Å². The smallest absolute Gasteiger partial charge is 0.277 e. The molecule has 0 aliphatic carbocycles. The molecule has 1 fully saturated rings. The van der Waals surface area contributed by atoms with Crippen molar-refractivity contribution >= 4 is 17.4 Å². The number of hydrogen-bond acceptors (Lipinski definition) is 5. The van der Waals surface area contributed by atoms with E-state index in [9.17, 15) is 9.59 Å². The number of benzene rings is 1. The Morgan fingerprint density at radius 2 is 1.73 bits per heavy atom. The molecule has 2 aliphatic rings. The van der Waals surface area contributed by atoms with Gasteiger partial charge in [-0.3, -0.25) is 14.5 Å². The van der Waals surface area contributed by atoms with Gasteiger partial charge >= 0.3 is 0 Å². The Balaban J connectivity index is 1.93. The fourth-order valence-electron chi connectivity index (χ4n) is 3.51. The molecular formula is C20H26N2O4. The number of hydrogen-bond donors (Lipinski definition) is 0. The molecule has 0 aromatic heterocycles. The molecular weight excluding hydrogens is 332 g/mol. The lowest BCUT2D eigenvalue weighted by Gasteiger charge is -2.20. The first-order valence-corrected chi connectivity index (χ1v) is 9.25. The largest absolute Gasteiger partial charge is 0.494 e. The van der Waals surface area contributed by atoms with E-state index >= 15 is 0 Å². The fraction of sp³-hybridized carbons (Fsp3) is 0.500. The zero-order chi connectivity index (χ0) is 18.5. The van der Waals surface area contributed by atoms with Crippen LogP contribution >= 0.6 is 0 Å². The van der Waals surface area contributed by atoms with Gasteiger partial charge in [0, 0.05) is 33.4 Å². The van der Waals surface area contributed by atoms with E-state index in [1.807, 2.05) is 31.2 Å². The Hall–Kier alpha value is -2.34. The first kappa shape index (κ1) is 18.5. The molecule has 2 heterocycles. The molecule has 0 saturated carbocycles. The topological polar surface area (TPSA) is 59.1 Å². The minimum absolute atomic E-state index is 0.183. The number of nitrogens with zero attached hydrogens (tertiary/aromatic N) is 2. The standard InChI is InChI=1S/C20H26N2O4/c1-3-26-16-9-7-15(8-10-16)17-18(21-11-4-5-12-21)20(24)22(19(17)23)13-6-14-25-2/h7-10H,3-6,11-14H2,1-2H3. The van der Waals surface area contributed by atoms with Gasteiger partial charge in [-0.05, 0) is 43.9 Å². The van der Waals surface area contributed by atoms with Gasteiger partial charge in [0.05, 0.1) is 12.2 Å². The van der Waals surface area contributed by atoms with Crippen molar-refractivity contribution in [2.45, 2.75) is 26.2 Å². The number of likely N-dealkylation sites (tertiary alicyclic amines) is 1. The van der Waals surface area contributed by atoms with Crippen molar-refractivity contribution in [2.75, 3.05) is 40.0 Å². The van der Waals surface area contributed by atoms with E-state index in [1.165, 1.54) is 4.90 Å². The van der Waals surface area contributed by atoms with Crippen LogP contribution < -0.4 is 4.74 Å². The van der Waals surface area contributed by atoms with Crippen LogP contribution in [-0.4, -0.2) is 61.6 Å². The molecule has 3 rings (SSSR count). The average molecular weight is 358 g/mol. The summed E-state index contributed by atoms with van der Waals surface area (Å²) in [5.74, 6) is 0.363. The van der Waals surface area contributed by atoms with Crippen LogP contribution in [0.5, 0.6) is 5.75 Å². The summed E-state index contributed by atoms with van der Waals surface area (Å²) in [6.45, 7) is 5.06. The van der Waals surface area contributed by atoms with Crippen LogP contribution in [0.2, 0.25) is 0 Å². The molecule has 2 amide bonds. The summed E-state index contributed by atoms with van der Waals surface area (Å²) in [6, 6.07) is 7.41. The number of carbonyl (C=O) groups is 2. The second-order valence-corrected chi connectivity index (χ2v) is 6.48. The van der Waals surface area contributed by atoms with Crippen LogP contribution in [0, 0.1) is 0 Å². The second kappa shape index (κ2) is 8.36. The number of carbonyl (C=O) groups excluding carboxylic acids is 2. The Labute approximate surface area is 154 Å². The molecule has 2 aliphatic heterocycles. The van der Waals surface area contributed by atoms with Gasteiger partial charge in [-0.15, -0.1) is 0 Å². The van der Waals surface area contributed by atoms with Gasteiger partial charge in [0.2, 0.25) is 0 Å². The molecule has 0 spiro atoms. The lowest BCUT2D eigenvalue weighted by atomic mass is 10.0. The van der Waals surface area contributed by atoms with Crippen molar-refractivity contribution in [3.05, 3.63) is 35.5 Å². The summed E-state index contributed by atoms with van der Waals surface area (Å²) >= 11 is 0. The monoisotopic (exact) mass is 358 g/mol. The molecule has 1 saturated heterocycles. The molecule has 0 N–H and O–H groups in total. The van der Waals surface area contributed by atoms with E-state index in [0.717, 1.165) is 37.2 Å². The van der Waals surface area contributed by atoms with Crippen LogP contribution in [0.1, 0.15) is 31.7 Å². The summed E-state index contributed by atoms with van der Waals surface area (Å²) in [7, 11) is 1.62. The van der Waals surface area contributed by atoms with Gasteiger partial charge < -0.3 is 14.4 Å². The van der Waals surface area contributed by atoms with Crippen molar-refractivity contribution in [2.24, 2.45) is 0 Å². The maximum atomic E-state index is 13.0. The van der Waals surface area contributed by atoms with Gasteiger partial charge in [0.25, 0.3) is 11.8 Å². The first-order chi connectivity index (χ1) is 12.7. The quantitative estimate of drug-likeness (QED) is 0.527. The highest BCUT2D eigenvalue weighted by Gasteiger charge is 2.41. The highest BCUT2D eigenvalue weighted by atomic mass is 16.5. The van der Waals surface area contributed by atoms with Crippen LogP contribution in [0.3, 0.4) is 0 Å². The van der Waals surface area contributed by atoms with Gasteiger partial charge in [-0.1, -0.05) is 12.1 Å². The van der Waals surface area contributed by atoms with E-state index in [-0.39, 0.29) is 11.8 Å². The van der Waals surface area contributed by atoms with Gasteiger partial charge in [0.15, 0.2) is 0 Å². The summed E-state index contributed by atoms with van der Waals surface area (Å²) in [6.07, 6.45) is 2.73. The molecule has 0 unspecified atom stereocenters. The van der Waals surface area contributed by atoms with Crippen molar-refractivity contribution in [3.63, 3.8) is 0 Å². The van der Waals surface area contributed by atoms with E-state index < -0.39 is 0 Å². The Bertz CT molecular complexity index is 690. The average Bonchev–Trinajstić information content (AvgIpc) is 3.25. The Morgan fingerprint density at radius 1 is 1.04 bits per heavy atom. The van der Waals surface area contributed by atoms with Gasteiger partial charge in [-0.2, -0.15) is 0 Å². The maximum absolute atomic E-state index is 13.0. The molecule has 26 heavy (non-hydrogen) atoms. The number of rotatable bonds is 8. The van der Waals surface area contributed by atoms with Crippen LogP contribution in [0.4, 0.5) is 0 Å². The van der Waals surface area contributed by atoms with Crippen LogP contribution in [0.25, 0.3) is 5.57 Å². The second-order valence-electron chi connectivity index (χ2n) is 6.48. The van der Waals surface area contributed by atoms with E-state index in [0.29, 0.717) is 37.4 Å². The number of methoxy groups -OCH3 is 1. The van der Waals surface area contributed by atoms with Gasteiger partial charge in [0.1, 0.15) is 11.4 Å². The normalized spacial score (nSPS) is 17.6. The number of amides is 2. The zero-order valence-electron chi connectivity index (χ0n) is 15.5. The SMILES string of the molecule is CCOc1ccc(C2=C(N3CCCC3)C(=O)N(CCCOC)C2=O)cc1. The highest BCUT2D eigenvalue weighted by molar-refractivity contribution is 6.35. The van der Waals surface area contributed by atoms with Crippen molar-refractivity contribution in [1.29, 1.82) is 0 Å². The van der Waals surface area contributed by atoms with Crippen molar-refractivity contribution < 1.29 is 19.1 Å². The minimum Gasteiger partial charge on any atom is -0.494 e. The van der Waals surface area contributed by atoms with Crippen LogP contribution in [0.15, 0.2) is 30.0 Å². The summed E-state index contributed by atoms with van der Waals surface area (Å²) in [5.41, 5.74) is 1.83. The molecule has 6 nitrogen and oxygen atoms in total. The summed E-state index contributed by atoms with van der Waals surface area (Å²) < 4.78 is 10.5. The summed E-state index contributed by atoms with van der Waals surface area (Å²) in [5, 5.41) is 0. The Morgan fingerprint density at radius 3 is 2.35 bits per heavy atom. The Kier molecular flexibility index (Phi) is 5.93. The fourth-order valence-corrected chi connectivity index (χ4v) is 3.51. The summed E-state index contributed by atoms with van der Waals surface area (Å²) in [4.78, 5) is 29.4. The van der Waals surface area contributed by atoms with Crippen LogP contribution in [-0.2, 0) is 14.3 Å². The van der Waals surface area contributed by atoms with Crippen molar-refractivity contribution in [3.8, 4) is 5.75 Å². The zero-order valence-corrected chi connectivity index (χ0v) is 15.5. The van der Waals surface area contributed by atoms with E-state index in [2.05, 4.69) is 4.90 Å². The molecule has 140 valence electrons. The van der Waals surface area contributed by atoms with Crippen molar-refractivity contribution in [1.82, 2.24) is 9.80 Å². The molecule has 0 bridgehead atoms. The highest BCUT2D eigenvalue weighted by Crippen LogP contribution is 2.34. The predicted octanol–water partition coefficient (Wildman–Crippen LogP) is 2.30. The number of ether oxygens (including phenoxy) is 2. The van der Waals surface area contributed by atoms with Gasteiger partial charge in [-0.25, -0.2) is 0 Å². The van der Waals surface area contributed by atoms with E-state index in [1.54, 1.807) is 7.11 Å². The molecule has 6 heteroatoms.